The first-order valence-corrected chi connectivity index (χ1v) is 6.11. The Morgan fingerprint density at radius 1 is 1.23 bits per heavy atom. The molecule has 6 nitrogen and oxygen atoms in total. The van der Waals surface area contributed by atoms with Crippen molar-refractivity contribution in [2.24, 2.45) is 0 Å². The van der Waals surface area contributed by atoms with Crippen molar-refractivity contribution < 1.29 is 22.0 Å². The van der Waals surface area contributed by atoms with Gasteiger partial charge < -0.3 is 4.42 Å². The molecule has 0 saturated carbocycles. The van der Waals surface area contributed by atoms with Crippen molar-refractivity contribution in [1.82, 2.24) is 19.3 Å². The predicted octanol–water partition coefficient (Wildman–Crippen LogP) is 2.22. The number of alkyl halides is 3. The lowest BCUT2D eigenvalue weighted by Gasteiger charge is -1.97. The zero-order chi connectivity index (χ0) is 15.9. The summed E-state index contributed by atoms with van der Waals surface area (Å²) in [7, 11) is 0. The molecule has 0 bridgehead atoms. The van der Waals surface area contributed by atoms with Crippen LogP contribution in [0.2, 0.25) is 0 Å². The molecule has 2 heterocycles. The molecule has 0 radical (unpaired) electrons. The number of hydrogen-bond donors (Lipinski definition) is 0. The number of aryl methyl sites for hydroxylation is 1. The average molecular weight is 316 g/mol. The summed E-state index contributed by atoms with van der Waals surface area (Å²) in [5.74, 6) is -1.58. The molecule has 0 amide bonds. The van der Waals surface area contributed by atoms with Gasteiger partial charge in [-0.05, 0) is 18.2 Å². The highest BCUT2D eigenvalue weighted by atomic mass is 19.3. The molecule has 3 aromatic rings. The summed E-state index contributed by atoms with van der Waals surface area (Å²) in [4.78, 5) is 12.3. The molecule has 0 saturated heterocycles. The minimum atomic E-state index is -2.99. The molecular weight excluding hydrogens is 308 g/mol. The lowest BCUT2D eigenvalue weighted by atomic mass is 10.3. The molecule has 0 fully saturated rings. The van der Waals surface area contributed by atoms with E-state index in [0.29, 0.717) is 0 Å². The maximum atomic E-state index is 13.3. The topological polar surface area (TPSA) is 65.8 Å². The molecule has 0 N–H and O–H groups in total. The molecule has 0 aliphatic heterocycles. The van der Waals surface area contributed by atoms with Gasteiger partial charge >= 0.3 is 18.1 Å². The molecule has 116 valence electrons. The smallest absolute Gasteiger partial charge is 0.337 e. The van der Waals surface area contributed by atoms with E-state index < -0.39 is 36.5 Å². The van der Waals surface area contributed by atoms with Crippen molar-refractivity contribution in [3.8, 4) is 6.01 Å². The Bertz CT molecular complexity index is 883. The third kappa shape index (κ3) is 2.16. The Balaban J connectivity index is 2.28. The van der Waals surface area contributed by atoms with Gasteiger partial charge in [-0.3, -0.25) is 4.57 Å². The number of aromatic nitrogens is 4. The van der Waals surface area contributed by atoms with E-state index in [-0.39, 0.29) is 17.6 Å². The Kier molecular flexibility index (Phi) is 3.43. The minimum absolute atomic E-state index is 0.0967. The minimum Gasteiger partial charge on any atom is -0.401 e. The summed E-state index contributed by atoms with van der Waals surface area (Å²) in [5.41, 5.74) is -0.550. The molecular formula is C12H8F4N4O2. The highest BCUT2D eigenvalue weighted by molar-refractivity contribution is 5.77. The van der Waals surface area contributed by atoms with Gasteiger partial charge in [0.15, 0.2) is 0 Å². The van der Waals surface area contributed by atoms with Gasteiger partial charge in [0.05, 0.1) is 17.6 Å². The summed E-state index contributed by atoms with van der Waals surface area (Å²) in [6.07, 6.45) is -2.99. The van der Waals surface area contributed by atoms with Crippen LogP contribution in [0.25, 0.3) is 17.0 Å². The van der Waals surface area contributed by atoms with Crippen LogP contribution in [0.4, 0.5) is 17.6 Å². The van der Waals surface area contributed by atoms with Crippen molar-refractivity contribution in [3.63, 3.8) is 0 Å². The van der Waals surface area contributed by atoms with E-state index in [1.807, 2.05) is 0 Å². The molecule has 1 aromatic carbocycles. The average Bonchev–Trinajstić information content (AvgIpc) is 3.04. The van der Waals surface area contributed by atoms with Crippen LogP contribution in [0.3, 0.4) is 0 Å². The van der Waals surface area contributed by atoms with Gasteiger partial charge in [-0.2, -0.15) is 8.78 Å². The van der Waals surface area contributed by atoms with Crippen LogP contribution in [-0.4, -0.2) is 26.0 Å². The summed E-state index contributed by atoms with van der Waals surface area (Å²) in [5, 5.41) is 6.51. The Morgan fingerprint density at radius 2 is 2.00 bits per heavy atom. The monoisotopic (exact) mass is 316 g/mol. The molecule has 2 aromatic heterocycles. The van der Waals surface area contributed by atoms with Crippen LogP contribution >= 0.6 is 0 Å². The Hall–Kier alpha value is -2.65. The van der Waals surface area contributed by atoms with Gasteiger partial charge in [0.25, 0.3) is 5.89 Å². The van der Waals surface area contributed by atoms with Gasteiger partial charge in [-0.15, -0.1) is 5.10 Å². The van der Waals surface area contributed by atoms with Crippen LogP contribution in [0.15, 0.2) is 27.4 Å². The fraction of sp³-hybridized carbons (Fsp3) is 0.250. The number of rotatable bonds is 4. The normalized spacial score (nSPS) is 11.7. The van der Waals surface area contributed by atoms with E-state index in [2.05, 4.69) is 10.2 Å². The summed E-state index contributed by atoms with van der Waals surface area (Å²) >= 11 is 0. The largest absolute Gasteiger partial charge is 0.401 e. The molecule has 0 spiro atoms. The highest BCUT2D eigenvalue weighted by Gasteiger charge is 2.22. The van der Waals surface area contributed by atoms with Gasteiger partial charge in [0, 0.05) is 0 Å². The van der Waals surface area contributed by atoms with Crippen molar-refractivity contribution >= 4 is 11.0 Å². The second-order valence-corrected chi connectivity index (χ2v) is 4.32. The molecule has 3 rings (SSSR count). The quantitative estimate of drug-likeness (QED) is 0.692. The first-order chi connectivity index (χ1) is 10.5. The van der Waals surface area contributed by atoms with Gasteiger partial charge in [0.2, 0.25) is 0 Å². The van der Waals surface area contributed by atoms with Crippen molar-refractivity contribution in [2.75, 3.05) is 6.67 Å². The maximum Gasteiger partial charge on any atom is 0.337 e. The van der Waals surface area contributed by atoms with Crippen molar-refractivity contribution in [1.29, 1.82) is 0 Å². The van der Waals surface area contributed by atoms with E-state index in [1.54, 1.807) is 0 Å². The third-order valence-corrected chi connectivity index (χ3v) is 3.01. The van der Waals surface area contributed by atoms with E-state index >= 15 is 0 Å². The molecule has 0 unspecified atom stereocenters. The van der Waals surface area contributed by atoms with E-state index in [1.165, 1.54) is 6.07 Å². The molecule has 0 aliphatic carbocycles. The number of fused-ring (bicyclic) bond motifs is 1. The summed E-state index contributed by atoms with van der Waals surface area (Å²) in [6, 6.07) is 2.86. The van der Waals surface area contributed by atoms with Crippen LogP contribution in [0.1, 0.15) is 12.3 Å². The first kappa shape index (κ1) is 14.3. The van der Waals surface area contributed by atoms with E-state index in [9.17, 15) is 22.4 Å². The second kappa shape index (κ2) is 5.28. The molecule has 0 atom stereocenters. The fourth-order valence-corrected chi connectivity index (χ4v) is 2.12. The SMILES string of the molecule is O=c1n(CCF)c2cc(F)ccc2n1-c1nnc(C(F)F)o1. The number of halogens is 4. The zero-order valence-corrected chi connectivity index (χ0v) is 10.8. The van der Waals surface area contributed by atoms with Crippen molar-refractivity contribution in [3.05, 3.63) is 40.4 Å². The third-order valence-electron chi connectivity index (χ3n) is 3.01. The standard InChI is InChI=1S/C12H8F4N4O2/c13-3-4-19-8-5-6(14)1-2-7(8)20(12(19)21)11-18-17-10(22-11)9(15)16/h1-2,5,9H,3-4H2. The molecule has 0 aliphatic rings. The van der Waals surface area contributed by atoms with Crippen molar-refractivity contribution in [2.45, 2.75) is 13.0 Å². The van der Waals surface area contributed by atoms with Crippen LogP contribution in [-0.2, 0) is 6.54 Å². The summed E-state index contributed by atoms with van der Waals surface area (Å²) < 4.78 is 57.5. The van der Waals surface area contributed by atoms with E-state index in [4.69, 9.17) is 4.42 Å². The maximum absolute atomic E-state index is 13.3. The van der Waals surface area contributed by atoms with E-state index in [0.717, 1.165) is 21.3 Å². The lowest BCUT2D eigenvalue weighted by Crippen LogP contribution is -2.24. The number of nitrogens with zero attached hydrogens (tertiary/aromatic N) is 4. The van der Waals surface area contributed by atoms with Gasteiger partial charge in [-0.1, -0.05) is 5.10 Å². The number of benzene rings is 1. The van der Waals surface area contributed by atoms with Crippen LogP contribution < -0.4 is 5.69 Å². The second-order valence-electron chi connectivity index (χ2n) is 4.32. The lowest BCUT2D eigenvalue weighted by molar-refractivity contribution is 0.115. The molecule has 10 heteroatoms. The van der Waals surface area contributed by atoms with Crippen LogP contribution in [0, 0.1) is 5.82 Å². The summed E-state index contributed by atoms with van der Waals surface area (Å²) in [6.45, 7) is -1.18. The first-order valence-electron chi connectivity index (χ1n) is 6.11. The Labute approximate surface area is 119 Å². The highest BCUT2D eigenvalue weighted by Crippen LogP contribution is 2.21. The number of hydrogen-bond acceptors (Lipinski definition) is 4. The Morgan fingerprint density at radius 3 is 2.64 bits per heavy atom. The fourth-order valence-electron chi connectivity index (χ4n) is 2.12. The van der Waals surface area contributed by atoms with Crippen LogP contribution in [0.5, 0.6) is 0 Å². The number of imidazole rings is 1. The molecule has 22 heavy (non-hydrogen) atoms. The van der Waals surface area contributed by atoms with Gasteiger partial charge in [-0.25, -0.2) is 18.1 Å². The zero-order valence-electron chi connectivity index (χ0n) is 10.8. The van der Waals surface area contributed by atoms with Gasteiger partial charge in [0.1, 0.15) is 12.5 Å². The predicted molar refractivity (Wildman–Crippen MR) is 66.3 cm³/mol.